The molecule has 0 N–H and O–H groups in total. The Balaban J connectivity index is 1.73. The third kappa shape index (κ3) is 1.99. The molecule has 0 spiro atoms. The first kappa shape index (κ1) is 12.8. The molecule has 3 aliphatic rings. The molecule has 0 radical (unpaired) electrons. The average Bonchev–Trinajstić information content (AvgIpc) is 2.80. The summed E-state index contributed by atoms with van der Waals surface area (Å²) in [7, 11) is 0. The zero-order valence-corrected chi connectivity index (χ0v) is 12.7. The second-order valence-corrected chi connectivity index (χ2v) is 6.97. The third-order valence-corrected chi connectivity index (χ3v) is 5.40. The summed E-state index contributed by atoms with van der Waals surface area (Å²) in [4.78, 5) is 2.49. The lowest BCUT2D eigenvalue weighted by atomic mass is 9.71. The fourth-order valence-electron chi connectivity index (χ4n) is 4.20. The highest BCUT2D eigenvalue weighted by atomic mass is 35.5. The summed E-state index contributed by atoms with van der Waals surface area (Å²) in [6.07, 6.45) is 11.9. The van der Waals surface area contributed by atoms with Crippen LogP contribution in [0.4, 0.5) is 5.69 Å². The van der Waals surface area contributed by atoms with E-state index in [2.05, 4.69) is 29.2 Å². The van der Waals surface area contributed by atoms with E-state index in [-0.39, 0.29) is 0 Å². The fraction of sp³-hybridized carbons (Fsp3) is 0.412. The van der Waals surface area contributed by atoms with Crippen molar-refractivity contribution < 1.29 is 0 Å². The lowest BCUT2D eigenvalue weighted by Crippen LogP contribution is -2.36. The highest BCUT2D eigenvalue weighted by Crippen LogP contribution is 2.47. The summed E-state index contributed by atoms with van der Waals surface area (Å²) in [5.74, 6) is 2.23. The van der Waals surface area contributed by atoms with Crippen LogP contribution in [0.25, 0.3) is 0 Å². The van der Waals surface area contributed by atoms with Gasteiger partial charge in [0.15, 0.2) is 0 Å². The maximum Gasteiger partial charge on any atom is 0.0510 e. The molecule has 1 saturated heterocycles. The van der Waals surface area contributed by atoms with E-state index in [0.29, 0.717) is 12.0 Å². The molecular weight excluding hydrogens is 289 g/mol. The molecule has 0 bridgehead atoms. The van der Waals surface area contributed by atoms with Crippen molar-refractivity contribution in [3.8, 4) is 0 Å². The molecule has 104 valence electrons. The van der Waals surface area contributed by atoms with E-state index in [0.717, 1.165) is 34.1 Å². The topological polar surface area (TPSA) is 3.24 Å². The summed E-state index contributed by atoms with van der Waals surface area (Å²) in [5, 5.41) is 1.44. The molecule has 3 heteroatoms. The predicted octanol–water partition coefficient (Wildman–Crippen LogP) is 4.95. The number of benzene rings is 1. The van der Waals surface area contributed by atoms with Gasteiger partial charge in [-0.3, -0.25) is 0 Å². The first-order valence-corrected chi connectivity index (χ1v) is 8.04. The highest BCUT2D eigenvalue weighted by Gasteiger charge is 2.45. The van der Waals surface area contributed by atoms with Crippen molar-refractivity contribution in [1.82, 2.24) is 0 Å². The Morgan fingerprint density at radius 3 is 2.50 bits per heavy atom. The quantitative estimate of drug-likeness (QED) is 0.664. The average molecular weight is 306 g/mol. The van der Waals surface area contributed by atoms with E-state index in [4.69, 9.17) is 23.2 Å². The van der Waals surface area contributed by atoms with Crippen molar-refractivity contribution in [1.29, 1.82) is 0 Å². The van der Waals surface area contributed by atoms with E-state index in [1.54, 1.807) is 6.07 Å². The molecule has 0 amide bonds. The number of hydrogen-bond acceptors (Lipinski definition) is 1. The van der Waals surface area contributed by atoms with Gasteiger partial charge in [0.25, 0.3) is 0 Å². The van der Waals surface area contributed by atoms with Gasteiger partial charge >= 0.3 is 0 Å². The highest BCUT2D eigenvalue weighted by molar-refractivity contribution is 6.35. The van der Waals surface area contributed by atoms with Gasteiger partial charge in [0.05, 0.1) is 6.04 Å². The second kappa shape index (κ2) is 4.82. The van der Waals surface area contributed by atoms with Crippen LogP contribution in [-0.2, 0) is 0 Å². The number of nitrogens with zero attached hydrogens (tertiary/aromatic N) is 1. The maximum absolute atomic E-state index is 6.17. The molecule has 4 unspecified atom stereocenters. The van der Waals surface area contributed by atoms with E-state index >= 15 is 0 Å². The molecule has 4 rings (SSSR count). The van der Waals surface area contributed by atoms with Gasteiger partial charge in [-0.15, -0.1) is 0 Å². The molecule has 1 fully saturated rings. The van der Waals surface area contributed by atoms with E-state index in [9.17, 15) is 0 Å². The molecule has 1 heterocycles. The number of anilines is 1. The smallest absolute Gasteiger partial charge is 0.0510 e. The monoisotopic (exact) mass is 305 g/mol. The SMILES string of the molecule is Clc1cc(Cl)cc(N2CC3CC=CC4CC=CC2C43)c1. The van der Waals surface area contributed by atoms with Gasteiger partial charge in [0.1, 0.15) is 0 Å². The Hall–Kier alpha value is -0.920. The van der Waals surface area contributed by atoms with Crippen LogP contribution in [0, 0.1) is 17.8 Å². The summed E-state index contributed by atoms with van der Waals surface area (Å²) < 4.78 is 0. The zero-order valence-electron chi connectivity index (χ0n) is 11.2. The van der Waals surface area contributed by atoms with Gasteiger partial charge in [0.2, 0.25) is 0 Å². The molecule has 2 aliphatic carbocycles. The van der Waals surface area contributed by atoms with Crippen molar-refractivity contribution >= 4 is 28.9 Å². The largest absolute Gasteiger partial charge is 0.364 e. The van der Waals surface area contributed by atoms with Crippen LogP contribution in [0.2, 0.25) is 10.0 Å². The Labute approximate surface area is 129 Å². The maximum atomic E-state index is 6.17. The summed E-state index contributed by atoms with van der Waals surface area (Å²) in [6.45, 7) is 1.11. The molecule has 4 atom stereocenters. The standard InChI is InChI=1S/C17H17Cl2N/c18-13-7-14(19)9-15(8-13)20-10-12-5-1-3-11-4-2-6-16(20)17(11)12/h1-3,6-9,11-12,16-17H,4-5,10H2. The lowest BCUT2D eigenvalue weighted by Gasteiger charge is -2.36. The van der Waals surface area contributed by atoms with Crippen LogP contribution in [0.5, 0.6) is 0 Å². The predicted molar refractivity (Wildman–Crippen MR) is 85.6 cm³/mol. The van der Waals surface area contributed by atoms with E-state index in [1.807, 2.05) is 12.1 Å². The first-order chi connectivity index (χ1) is 9.72. The minimum absolute atomic E-state index is 0.498. The summed E-state index contributed by atoms with van der Waals surface area (Å²) >= 11 is 12.3. The zero-order chi connectivity index (χ0) is 13.7. The molecule has 1 aliphatic heterocycles. The summed E-state index contributed by atoms with van der Waals surface area (Å²) in [6, 6.07) is 6.38. The molecular formula is C17H17Cl2N. The van der Waals surface area contributed by atoms with Crippen LogP contribution in [0.1, 0.15) is 12.8 Å². The lowest BCUT2D eigenvalue weighted by molar-refractivity contribution is 0.281. The van der Waals surface area contributed by atoms with Gasteiger partial charge in [-0.2, -0.15) is 0 Å². The van der Waals surface area contributed by atoms with Gasteiger partial charge in [-0.25, -0.2) is 0 Å². The van der Waals surface area contributed by atoms with Crippen molar-refractivity contribution in [2.24, 2.45) is 17.8 Å². The molecule has 1 nitrogen and oxygen atoms in total. The minimum Gasteiger partial charge on any atom is -0.364 e. The van der Waals surface area contributed by atoms with Crippen molar-refractivity contribution in [3.05, 3.63) is 52.5 Å². The van der Waals surface area contributed by atoms with Crippen LogP contribution >= 0.6 is 23.2 Å². The van der Waals surface area contributed by atoms with Gasteiger partial charge in [-0.05, 0) is 48.8 Å². The van der Waals surface area contributed by atoms with Crippen molar-refractivity contribution in [2.45, 2.75) is 18.9 Å². The number of halogens is 2. The van der Waals surface area contributed by atoms with Gasteiger partial charge in [0, 0.05) is 22.3 Å². The van der Waals surface area contributed by atoms with E-state index in [1.165, 1.54) is 12.8 Å². The minimum atomic E-state index is 0.498. The number of rotatable bonds is 1. The normalized spacial score (nSPS) is 34.4. The van der Waals surface area contributed by atoms with Gasteiger partial charge < -0.3 is 4.90 Å². The van der Waals surface area contributed by atoms with Crippen LogP contribution in [-0.4, -0.2) is 12.6 Å². The summed E-state index contributed by atoms with van der Waals surface area (Å²) in [5.41, 5.74) is 1.16. The molecule has 1 aromatic rings. The Morgan fingerprint density at radius 1 is 0.950 bits per heavy atom. The van der Waals surface area contributed by atoms with Crippen molar-refractivity contribution in [2.75, 3.05) is 11.4 Å². The number of hydrogen-bond donors (Lipinski definition) is 0. The second-order valence-electron chi connectivity index (χ2n) is 6.10. The Morgan fingerprint density at radius 2 is 1.70 bits per heavy atom. The van der Waals surface area contributed by atoms with E-state index < -0.39 is 0 Å². The van der Waals surface area contributed by atoms with Crippen LogP contribution in [0.15, 0.2) is 42.5 Å². The molecule has 1 aromatic carbocycles. The van der Waals surface area contributed by atoms with Crippen LogP contribution in [0.3, 0.4) is 0 Å². The fourth-order valence-corrected chi connectivity index (χ4v) is 4.71. The Bertz CT molecular complexity index is 572. The molecule has 20 heavy (non-hydrogen) atoms. The number of allylic oxidation sites excluding steroid dienone is 3. The Kier molecular flexibility index (Phi) is 3.08. The molecule has 0 saturated carbocycles. The van der Waals surface area contributed by atoms with Crippen LogP contribution < -0.4 is 4.90 Å². The molecule has 0 aromatic heterocycles. The van der Waals surface area contributed by atoms with Crippen molar-refractivity contribution in [3.63, 3.8) is 0 Å². The van der Waals surface area contributed by atoms with Gasteiger partial charge in [-0.1, -0.05) is 47.5 Å². The first-order valence-electron chi connectivity index (χ1n) is 7.28. The third-order valence-electron chi connectivity index (χ3n) is 4.97.